The van der Waals surface area contributed by atoms with E-state index in [1.165, 1.54) is 88.1 Å². The molecule has 0 amide bonds. The third kappa shape index (κ3) is 5.97. The molecule has 0 unspecified atom stereocenters. The Morgan fingerprint density at radius 1 is 0.362 bits per heavy atom. The lowest BCUT2D eigenvalue weighted by Gasteiger charge is -2.13. The molecule has 2 heteroatoms. The minimum Gasteiger partial charge on any atom is -0.309 e. The molecule has 0 spiro atoms. The van der Waals surface area contributed by atoms with Gasteiger partial charge in [0.25, 0.3) is 0 Å². The van der Waals surface area contributed by atoms with Crippen molar-refractivity contribution in [2.24, 2.45) is 0 Å². The molecule has 0 bridgehead atoms. The van der Waals surface area contributed by atoms with Crippen molar-refractivity contribution in [2.45, 2.75) is 26.7 Å². The van der Waals surface area contributed by atoms with Gasteiger partial charge in [0, 0.05) is 32.9 Å². The third-order valence-corrected chi connectivity index (χ3v) is 11.6. The van der Waals surface area contributed by atoms with E-state index < -0.39 is 0 Å². The number of benzene rings is 8. The molecule has 1 aliphatic carbocycles. The van der Waals surface area contributed by atoms with E-state index in [0.717, 1.165) is 24.2 Å². The topological polar surface area (TPSA) is 9.86 Å². The number of rotatable bonds is 6. The molecule has 1 aliphatic rings. The molecule has 0 aliphatic heterocycles. The summed E-state index contributed by atoms with van der Waals surface area (Å²) < 4.78 is 4.89. The zero-order valence-corrected chi connectivity index (χ0v) is 32.9. The van der Waals surface area contributed by atoms with Crippen molar-refractivity contribution in [1.82, 2.24) is 9.13 Å². The van der Waals surface area contributed by atoms with Crippen molar-refractivity contribution in [3.63, 3.8) is 0 Å². The summed E-state index contributed by atoms with van der Waals surface area (Å²) in [5.74, 6) is 0. The van der Waals surface area contributed by atoms with Gasteiger partial charge < -0.3 is 9.13 Å². The minimum atomic E-state index is 1.11. The molecule has 11 rings (SSSR count). The number of allylic oxidation sites excluding steroid dienone is 4. The van der Waals surface area contributed by atoms with Crippen LogP contribution in [0.1, 0.15) is 32.3 Å². The lowest BCUT2D eigenvalue weighted by Crippen LogP contribution is -1.95. The Morgan fingerprint density at radius 2 is 0.879 bits per heavy atom. The molecule has 278 valence electrons. The first-order chi connectivity index (χ1) is 28.8. The van der Waals surface area contributed by atoms with Gasteiger partial charge in [0.1, 0.15) is 0 Å². The SMILES string of the molecule is C1=CC(c2ccc(-c3cccc(-n4c5ccccc5c5c6c7ccccc7n(-c7ccc(-c8ccccc8-c8ccccc8)cc7)c6ccc54)c3)cc2)=CCC1.CC. The van der Waals surface area contributed by atoms with Gasteiger partial charge in [-0.2, -0.15) is 0 Å². The maximum atomic E-state index is 2.45. The molecule has 2 aromatic heterocycles. The Morgan fingerprint density at radius 3 is 1.50 bits per heavy atom. The van der Waals surface area contributed by atoms with Crippen molar-refractivity contribution in [3.05, 3.63) is 212 Å². The van der Waals surface area contributed by atoms with Crippen LogP contribution < -0.4 is 0 Å². The Bertz CT molecular complexity index is 3150. The van der Waals surface area contributed by atoms with Gasteiger partial charge >= 0.3 is 0 Å². The zero-order chi connectivity index (χ0) is 39.0. The smallest absolute Gasteiger partial charge is 0.0548 e. The zero-order valence-electron chi connectivity index (χ0n) is 32.9. The first-order valence-electron chi connectivity index (χ1n) is 20.6. The van der Waals surface area contributed by atoms with Gasteiger partial charge in [-0.15, -0.1) is 0 Å². The highest BCUT2D eigenvalue weighted by molar-refractivity contribution is 6.28. The standard InChI is InChI=1S/C54H38N2.C2H6/c1-3-14-37(15-4-1)38-26-28-39(29-27-38)42-18-13-19-44(36-42)56-50-25-12-10-23-48(50)54-52(56)35-34-51-53(54)47-22-9-11-24-49(47)55(51)43-32-30-41(31-33-43)46-21-8-7-20-45(46)40-16-5-2-6-17-40;1-2/h2-3,5-36H,1,4H2;1-2H3. The van der Waals surface area contributed by atoms with Crippen LogP contribution in [0.4, 0.5) is 0 Å². The Labute approximate surface area is 340 Å². The first-order valence-corrected chi connectivity index (χ1v) is 20.6. The Hall–Kier alpha value is -7.16. The summed E-state index contributed by atoms with van der Waals surface area (Å²) in [5, 5.41) is 5.08. The fourth-order valence-corrected chi connectivity index (χ4v) is 8.98. The van der Waals surface area contributed by atoms with Crippen molar-refractivity contribution in [2.75, 3.05) is 0 Å². The number of hydrogen-bond acceptors (Lipinski definition) is 0. The van der Waals surface area contributed by atoms with Crippen LogP contribution in [-0.4, -0.2) is 9.13 Å². The number of nitrogens with zero attached hydrogens (tertiary/aromatic N) is 2. The van der Waals surface area contributed by atoms with Crippen LogP contribution in [-0.2, 0) is 0 Å². The quantitative estimate of drug-likeness (QED) is 0.160. The van der Waals surface area contributed by atoms with E-state index in [1.807, 2.05) is 13.8 Å². The summed E-state index contributed by atoms with van der Waals surface area (Å²) in [5.41, 5.74) is 17.0. The monoisotopic (exact) mass is 744 g/mol. The molecule has 0 atom stereocenters. The van der Waals surface area contributed by atoms with Gasteiger partial charge in [0.15, 0.2) is 0 Å². The average Bonchev–Trinajstić information content (AvgIpc) is 3.83. The second-order valence-corrected chi connectivity index (χ2v) is 14.8. The fourth-order valence-electron chi connectivity index (χ4n) is 8.98. The molecule has 2 heterocycles. The fraction of sp³-hybridized carbons (Fsp3) is 0.0714. The lowest BCUT2D eigenvalue weighted by molar-refractivity contribution is 1.04. The highest BCUT2D eigenvalue weighted by Gasteiger charge is 2.21. The van der Waals surface area contributed by atoms with Gasteiger partial charge in [-0.05, 0) is 106 Å². The molecule has 0 fully saturated rings. The molecule has 0 saturated heterocycles. The van der Waals surface area contributed by atoms with E-state index in [9.17, 15) is 0 Å². The van der Waals surface area contributed by atoms with E-state index in [0.29, 0.717) is 0 Å². The summed E-state index contributed by atoms with van der Waals surface area (Å²) >= 11 is 0. The van der Waals surface area contributed by atoms with E-state index in [4.69, 9.17) is 0 Å². The van der Waals surface area contributed by atoms with E-state index in [1.54, 1.807) is 0 Å². The number of fused-ring (bicyclic) bond motifs is 7. The second kappa shape index (κ2) is 15.1. The number of para-hydroxylation sites is 2. The normalized spacial score (nSPS) is 12.6. The first kappa shape index (κ1) is 35.3. The molecule has 10 aromatic rings. The summed E-state index contributed by atoms with van der Waals surface area (Å²) in [4.78, 5) is 0. The predicted octanol–water partition coefficient (Wildman–Crippen LogP) is 15.6. The number of hydrogen-bond donors (Lipinski definition) is 0. The predicted molar refractivity (Wildman–Crippen MR) is 249 cm³/mol. The molecule has 8 aromatic carbocycles. The molecule has 0 N–H and O–H groups in total. The summed E-state index contributed by atoms with van der Waals surface area (Å²) in [6, 6.07) is 68.9. The molecule has 58 heavy (non-hydrogen) atoms. The van der Waals surface area contributed by atoms with Crippen LogP contribution in [0, 0.1) is 0 Å². The van der Waals surface area contributed by atoms with Crippen LogP contribution in [0.15, 0.2) is 206 Å². The van der Waals surface area contributed by atoms with Gasteiger partial charge in [-0.25, -0.2) is 0 Å². The Kier molecular flexibility index (Phi) is 9.16. The lowest BCUT2D eigenvalue weighted by atomic mass is 9.94. The highest BCUT2D eigenvalue weighted by Crippen LogP contribution is 2.43. The van der Waals surface area contributed by atoms with Crippen molar-refractivity contribution in [1.29, 1.82) is 0 Å². The van der Waals surface area contributed by atoms with Gasteiger partial charge in [-0.1, -0.05) is 172 Å². The molecule has 2 nitrogen and oxygen atoms in total. The summed E-state index contributed by atoms with van der Waals surface area (Å²) in [7, 11) is 0. The van der Waals surface area contributed by atoms with Gasteiger partial charge in [-0.3, -0.25) is 0 Å². The largest absolute Gasteiger partial charge is 0.309 e. The third-order valence-electron chi connectivity index (χ3n) is 11.6. The van der Waals surface area contributed by atoms with Crippen molar-refractivity contribution in [3.8, 4) is 44.8 Å². The van der Waals surface area contributed by atoms with Gasteiger partial charge in [0.2, 0.25) is 0 Å². The highest BCUT2D eigenvalue weighted by atomic mass is 15.0. The molecular weight excluding hydrogens is 701 g/mol. The Balaban J connectivity index is 0.00000201. The van der Waals surface area contributed by atoms with Crippen LogP contribution in [0.2, 0.25) is 0 Å². The molecule has 0 saturated carbocycles. The molecular formula is C56H44N2. The second-order valence-electron chi connectivity index (χ2n) is 14.8. The van der Waals surface area contributed by atoms with Crippen molar-refractivity contribution >= 4 is 49.2 Å². The maximum absolute atomic E-state index is 2.45. The van der Waals surface area contributed by atoms with Crippen LogP contribution in [0.3, 0.4) is 0 Å². The number of aromatic nitrogens is 2. The molecule has 0 radical (unpaired) electrons. The van der Waals surface area contributed by atoms with E-state index in [-0.39, 0.29) is 0 Å². The van der Waals surface area contributed by atoms with Crippen molar-refractivity contribution < 1.29 is 0 Å². The average molecular weight is 745 g/mol. The van der Waals surface area contributed by atoms with Crippen LogP contribution >= 0.6 is 0 Å². The summed E-state index contributed by atoms with van der Waals surface area (Å²) in [6.07, 6.45) is 9.10. The van der Waals surface area contributed by atoms with E-state index in [2.05, 4.69) is 215 Å². The maximum Gasteiger partial charge on any atom is 0.0548 e. The van der Waals surface area contributed by atoms with Crippen LogP contribution in [0.25, 0.3) is 93.9 Å². The van der Waals surface area contributed by atoms with Gasteiger partial charge in [0.05, 0.1) is 22.1 Å². The van der Waals surface area contributed by atoms with Crippen LogP contribution in [0.5, 0.6) is 0 Å². The minimum absolute atomic E-state index is 1.11. The summed E-state index contributed by atoms with van der Waals surface area (Å²) in [6.45, 7) is 4.00. The van der Waals surface area contributed by atoms with E-state index >= 15 is 0 Å².